The van der Waals surface area contributed by atoms with Crippen LogP contribution in [0.5, 0.6) is 0 Å². The molecule has 2 unspecified atom stereocenters. The van der Waals surface area contributed by atoms with E-state index in [1.165, 1.54) is 6.26 Å². The van der Waals surface area contributed by atoms with Crippen LogP contribution < -0.4 is 0 Å². The monoisotopic (exact) mass is 282 g/mol. The molecule has 2 aliphatic rings. The molecule has 0 radical (unpaired) electrons. The molecule has 0 bridgehead atoms. The Labute approximate surface area is 122 Å². The summed E-state index contributed by atoms with van der Waals surface area (Å²) in [6.07, 6.45) is 6.82. The molecule has 1 N–H and O–H groups in total. The standard InChI is InChI=1S/C17H14O4/c18-15(19)9-12-7-4-8-13-14(12)10-21-17(20)16(13)11-5-2-1-3-6-11/h1-8,10,13,16H,9H2,(H,18,19). The minimum atomic E-state index is -0.899. The van der Waals surface area contributed by atoms with Crippen LogP contribution in [0.4, 0.5) is 0 Å². The highest BCUT2D eigenvalue weighted by Crippen LogP contribution is 2.41. The number of hydrogen-bond donors (Lipinski definition) is 1. The quantitative estimate of drug-likeness (QED) is 0.866. The average Bonchev–Trinajstić information content (AvgIpc) is 2.47. The molecular formula is C17H14O4. The predicted molar refractivity (Wildman–Crippen MR) is 76.3 cm³/mol. The second-order valence-corrected chi connectivity index (χ2v) is 5.07. The first kappa shape index (κ1) is 13.4. The number of cyclic esters (lactones) is 1. The van der Waals surface area contributed by atoms with Crippen molar-refractivity contribution in [1.82, 2.24) is 0 Å². The van der Waals surface area contributed by atoms with E-state index in [-0.39, 0.29) is 18.3 Å². The van der Waals surface area contributed by atoms with Crippen molar-refractivity contribution in [3.05, 3.63) is 71.5 Å². The Kier molecular flexibility index (Phi) is 3.44. The van der Waals surface area contributed by atoms with Crippen LogP contribution in [0.25, 0.3) is 0 Å². The molecular weight excluding hydrogens is 268 g/mol. The van der Waals surface area contributed by atoms with Gasteiger partial charge in [0.25, 0.3) is 0 Å². The van der Waals surface area contributed by atoms with Gasteiger partial charge in [0.2, 0.25) is 0 Å². The van der Waals surface area contributed by atoms with Gasteiger partial charge in [-0.05, 0) is 16.7 Å². The van der Waals surface area contributed by atoms with Gasteiger partial charge >= 0.3 is 11.9 Å². The van der Waals surface area contributed by atoms with Gasteiger partial charge in [-0.3, -0.25) is 9.59 Å². The molecule has 3 rings (SSSR count). The van der Waals surface area contributed by atoms with Crippen molar-refractivity contribution in [2.45, 2.75) is 12.3 Å². The zero-order valence-electron chi connectivity index (χ0n) is 11.2. The lowest BCUT2D eigenvalue weighted by Gasteiger charge is -2.31. The van der Waals surface area contributed by atoms with E-state index in [2.05, 4.69) is 0 Å². The first-order chi connectivity index (χ1) is 10.2. The Morgan fingerprint density at radius 2 is 2.00 bits per heavy atom. The molecule has 1 aromatic carbocycles. The molecule has 0 saturated heterocycles. The van der Waals surface area contributed by atoms with Crippen LogP contribution in [0.3, 0.4) is 0 Å². The first-order valence-corrected chi connectivity index (χ1v) is 6.72. The second-order valence-electron chi connectivity index (χ2n) is 5.07. The molecule has 0 saturated carbocycles. The summed E-state index contributed by atoms with van der Waals surface area (Å²) in [6, 6.07) is 9.42. The number of ether oxygens (including phenoxy) is 1. The van der Waals surface area contributed by atoms with E-state index in [9.17, 15) is 9.59 Å². The topological polar surface area (TPSA) is 63.6 Å². The molecule has 106 valence electrons. The van der Waals surface area contributed by atoms with Gasteiger partial charge < -0.3 is 9.84 Å². The molecule has 4 nitrogen and oxygen atoms in total. The van der Waals surface area contributed by atoms with Gasteiger partial charge in [0.05, 0.1) is 18.6 Å². The Hall–Kier alpha value is -2.62. The Morgan fingerprint density at radius 3 is 2.71 bits per heavy atom. The first-order valence-electron chi connectivity index (χ1n) is 6.72. The van der Waals surface area contributed by atoms with Crippen LogP contribution in [0, 0.1) is 5.92 Å². The van der Waals surface area contributed by atoms with Gasteiger partial charge in [0, 0.05) is 5.92 Å². The number of aliphatic carboxylic acids is 1. The maximum Gasteiger partial charge on any atom is 0.319 e. The van der Waals surface area contributed by atoms with Gasteiger partial charge in [0.1, 0.15) is 0 Å². The van der Waals surface area contributed by atoms with Crippen LogP contribution in [0.1, 0.15) is 17.9 Å². The normalized spacial score (nSPS) is 23.7. The van der Waals surface area contributed by atoms with Crippen molar-refractivity contribution in [1.29, 1.82) is 0 Å². The van der Waals surface area contributed by atoms with Crippen molar-refractivity contribution in [2.24, 2.45) is 5.92 Å². The number of carbonyl (C=O) groups is 2. The fourth-order valence-corrected chi connectivity index (χ4v) is 2.82. The largest absolute Gasteiger partial charge is 0.481 e. The number of fused-ring (bicyclic) bond motifs is 1. The molecule has 2 atom stereocenters. The minimum absolute atomic E-state index is 0.0776. The maximum absolute atomic E-state index is 12.1. The fraction of sp³-hybridized carbons (Fsp3) is 0.176. The molecule has 0 aromatic heterocycles. The Morgan fingerprint density at radius 1 is 1.24 bits per heavy atom. The smallest absolute Gasteiger partial charge is 0.319 e. The van der Waals surface area contributed by atoms with E-state index < -0.39 is 11.9 Å². The second kappa shape index (κ2) is 5.40. The number of carboxylic acid groups (broad SMARTS) is 1. The zero-order valence-corrected chi connectivity index (χ0v) is 11.2. The summed E-state index contributed by atoms with van der Waals surface area (Å²) >= 11 is 0. The number of hydrogen-bond acceptors (Lipinski definition) is 3. The summed E-state index contributed by atoms with van der Waals surface area (Å²) < 4.78 is 5.16. The molecule has 1 aliphatic heterocycles. The van der Waals surface area contributed by atoms with Crippen LogP contribution in [-0.2, 0) is 14.3 Å². The van der Waals surface area contributed by atoms with E-state index in [1.807, 2.05) is 42.5 Å². The van der Waals surface area contributed by atoms with Gasteiger partial charge in [-0.25, -0.2) is 0 Å². The van der Waals surface area contributed by atoms with Crippen molar-refractivity contribution >= 4 is 11.9 Å². The summed E-state index contributed by atoms with van der Waals surface area (Å²) in [5.74, 6) is -1.81. The number of carbonyl (C=O) groups excluding carboxylic acids is 1. The van der Waals surface area contributed by atoms with Gasteiger partial charge in [-0.2, -0.15) is 0 Å². The SMILES string of the molecule is O=C(O)CC1=CC=CC2C1=COC(=O)C2c1ccccc1. The molecule has 1 heterocycles. The summed E-state index contributed by atoms with van der Waals surface area (Å²) in [6.45, 7) is 0. The van der Waals surface area contributed by atoms with E-state index in [0.29, 0.717) is 5.57 Å². The lowest BCUT2D eigenvalue weighted by molar-refractivity contribution is -0.141. The summed E-state index contributed by atoms with van der Waals surface area (Å²) in [5.41, 5.74) is 2.33. The predicted octanol–water partition coefficient (Wildman–Crippen LogP) is 2.80. The molecule has 4 heteroatoms. The third-order valence-corrected chi connectivity index (χ3v) is 3.76. The third kappa shape index (κ3) is 2.52. The molecule has 0 amide bonds. The van der Waals surface area contributed by atoms with Crippen molar-refractivity contribution < 1.29 is 19.4 Å². The molecule has 1 aromatic rings. The van der Waals surface area contributed by atoms with Crippen molar-refractivity contribution in [2.75, 3.05) is 0 Å². The Bertz CT molecular complexity index is 667. The molecule has 0 fully saturated rings. The highest BCUT2D eigenvalue weighted by atomic mass is 16.5. The van der Waals surface area contributed by atoms with Crippen LogP contribution in [-0.4, -0.2) is 17.0 Å². The summed E-state index contributed by atoms with van der Waals surface area (Å²) in [5, 5.41) is 8.99. The van der Waals surface area contributed by atoms with E-state index in [1.54, 1.807) is 6.08 Å². The van der Waals surface area contributed by atoms with Crippen molar-refractivity contribution in [3.8, 4) is 0 Å². The highest BCUT2D eigenvalue weighted by Gasteiger charge is 2.37. The number of carboxylic acids is 1. The zero-order chi connectivity index (χ0) is 14.8. The summed E-state index contributed by atoms with van der Waals surface area (Å²) in [4.78, 5) is 23.1. The number of esters is 1. The van der Waals surface area contributed by atoms with E-state index in [0.717, 1.165) is 11.1 Å². The lowest BCUT2D eigenvalue weighted by Crippen LogP contribution is -2.29. The van der Waals surface area contributed by atoms with Gasteiger partial charge in [-0.1, -0.05) is 48.6 Å². The molecule has 21 heavy (non-hydrogen) atoms. The van der Waals surface area contributed by atoms with Crippen molar-refractivity contribution in [3.63, 3.8) is 0 Å². The van der Waals surface area contributed by atoms with Crippen LogP contribution in [0.15, 0.2) is 66.0 Å². The van der Waals surface area contributed by atoms with E-state index in [4.69, 9.17) is 9.84 Å². The Balaban J connectivity index is 1.98. The lowest BCUT2D eigenvalue weighted by atomic mass is 9.75. The summed E-state index contributed by atoms with van der Waals surface area (Å²) in [7, 11) is 0. The van der Waals surface area contributed by atoms with Crippen LogP contribution >= 0.6 is 0 Å². The average molecular weight is 282 g/mol. The maximum atomic E-state index is 12.1. The molecule has 1 aliphatic carbocycles. The number of rotatable bonds is 3. The molecule has 0 spiro atoms. The third-order valence-electron chi connectivity index (χ3n) is 3.76. The van der Waals surface area contributed by atoms with Crippen LogP contribution in [0.2, 0.25) is 0 Å². The fourth-order valence-electron chi connectivity index (χ4n) is 2.82. The minimum Gasteiger partial charge on any atom is -0.481 e. The van der Waals surface area contributed by atoms with Gasteiger partial charge in [0.15, 0.2) is 0 Å². The van der Waals surface area contributed by atoms with Gasteiger partial charge in [-0.15, -0.1) is 0 Å². The number of allylic oxidation sites excluding steroid dienone is 4. The van der Waals surface area contributed by atoms with E-state index >= 15 is 0 Å². The number of benzene rings is 1. The highest BCUT2D eigenvalue weighted by molar-refractivity contribution is 5.83.